The average Bonchev–Trinajstić information content (AvgIpc) is 1.59. The van der Waals surface area contributed by atoms with E-state index < -0.39 is 6.08 Å². The molecule has 0 spiro atoms. The van der Waals surface area contributed by atoms with E-state index in [9.17, 15) is 8.78 Å². The maximum Gasteiger partial charge on any atom is 0.270 e. The molecule has 0 aliphatic heterocycles. The van der Waals surface area contributed by atoms with Crippen LogP contribution in [0.15, 0.2) is 24.3 Å². The lowest BCUT2D eigenvalue weighted by atomic mass is 9.96. The quantitative estimate of drug-likeness (QED) is 0.497. The topological polar surface area (TPSA) is 0 Å². The first kappa shape index (κ1) is 9.34. The van der Waals surface area contributed by atoms with Crippen molar-refractivity contribution in [1.82, 2.24) is 0 Å². The molecule has 0 aromatic heterocycles. The highest BCUT2D eigenvalue weighted by Crippen LogP contribution is 2.14. The number of hydrogen-bond donors (Lipinski definition) is 0. The molecule has 0 atom stereocenters. The smallest absolute Gasteiger partial charge is 0.173 e. The molecule has 0 N–H and O–H groups in total. The van der Waals surface area contributed by atoms with Crippen LogP contribution in [0.5, 0.6) is 0 Å². The highest BCUT2D eigenvalue weighted by atomic mass is 19.3. The molecule has 2 heteroatoms. The fraction of sp³-hybridized carbons (Fsp3) is 0.500. The average molecular weight is 146 g/mol. The Hall–Kier alpha value is -0.660. The van der Waals surface area contributed by atoms with Gasteiger partial charge in [-0.25, -0.2) is 0 Å². The first-order valence-electron chi connectivity index (χ1n) is 3.12. The summed E-state index contributed by atoms with van der Waals surface area (Å²) in [5, 5.41) is 0. The Morgan fingerprint density at radius 2 is 1.70 bits per heavy atom. The number of halogens is 2. The molecule has 0 bridgehead atoms. The van der Waals surface area contributed by atoms with Gasteiger partial charge in [-0.3, -0.25) is 0 Å². The minimum Gasteiger partial charge on any atom is -0.173 e. The second-order valence-corrected chi connectivity index (χ2v) is 3.18. The third-order valence-corrected chi connectivity index (χ3v) is 0.818. The first-order chi connectivity index (χ1) is 4.42. The Morgan fingerprint density at radius 3 is 2.00 bits per heavy atom. The Balaban J connectivity index is 3.90. The zero-order valence-corrected chi connectivity index (χ0v) is 6.49. The summed E-state index contributed by atoms with van der Waals surface area (Å²) >= 11 is 0. The molecule has 0 fully saturated rings. The summed E-state index contributed by atoms with van der Waals surface area (Å²) in [6.45, 7) is 5.86. The van der Waals surface area contributed by atoms with Crippen molar-refractivity contribution in [2.24, 2.45) is 5.41 Å². The second kappa shape index (κ2) is 3.49. The minimum absolute atomic E-state index is 0.0219. The van der Waals surface area contributed by atoms with Gasteiger partial charge in [0, 0.05) is 6.08 Å². The van der Waals surface area contributed by atoms with Crippen LogP contribution < -0.4 is 0 Å². The molecule has 0 amide bonds. The van der Waals surface area contributed by atoms with Crippen LogP contribution in [0.1, 0.15) is 20.8 Å². The summed E-state index contributed by atoms with van der Waals surface area (Å²) in [5.41, 5.74) is -0.0219. The summed E-state index contributed by atoms with van der Waals surface area (Å²) in [5.74, 6) is 0. The van der Waals surface area contributed by atoms with Crippen LogP contribution in [0.2, 0.25) is 0 Å². The minimum atomic E-state index is -1.65. The van der Waals surface area contributed by atoms with Gasteiger partial charge in [0.05, 0.1) is 0 Å². The van der Waals surface area contributed by atoms with Crippen molar-refractivity contribution < 1.29 is 8.78 Å². The predicted molar refractivity (Wildman–Crippen MR) is 38.9 cm³/mol. The van der Waals surface area contributed by atoms with Gasteiger partial charge in [0.15, 0.2) is 0 Å². The van der Waals surface area contributed by atoms with Crippen molar-refractivity contribution >= 4 is 0 Å². The Bertz CT molecular complexity index is 145. The molecule has 58 valence electrons. The molecule has 10 heavy (non-hydrogen) atoms. The first-order valence-corrected chi connectivity index (χ1v) is 3.12. The molecule has 0 aliphatic rings. The molecule has 0 radical (unpaired) electrons. The summed E-state index contributed by atoms with van der Waals surface area (Å²) < 4.78 is 22.8. The molecule has 0 unspecified atom stereocenters. The van der Waals surface area contributed by atoms with Gasteiger partial charge in [-0.2, -0.15) is 8.78 Å². The summed E-state index contributed by atoms with van der Waals surface area (Å²) in [7, 11) is 0. The van der Waals surface area contributed by atoms with Crippen molar-refractivity contribution in [3.8, 4) is 0 Å². The van der Waals surface area contributed by atoms with Gasteiger partial charge in [0.1, 0.15) is 0 Å². The van der Waals surface area contributed by atoms with E-state index in [1.54, 1.807) is 6.08 Å². The van der Waals surface area contributed by atoms with E-state index in [0.29, 0.717) is 0 Å². The standard InChI is InChI=1S/C8H12F2/c1-8(2,3)6-4-5-7(9)10/h4-6H,1-3H3/b6-4+. The third kappa shape index (κ3) is 7.34. The van der Waals surface area contributed by atoms with Gasteiger partial charge in [0.25, 0.3) is 6.08 Å². The highest BCUT2D eigenvalue weighted by Gasteiger charge is 2.02. The van der Waals surface area contributed by atoms with Crippen molar-refractivity contribution in [3.63, 3.8) is 0 Å². The van der Waals surface area contributed by atoms with Gasteiger partial charge < -0.3 is 0 Å². The van der Waals surface area contributed by atoms with Gasteiger partial charge in [-0.1, -0.05) is 32.9 Å². The van der Waals surface area contributed by atoms with E-state index >= 15 is 0 Å². The van der Waals surface area contributed by atoms with Crippen LogP contribution in [0.4, 0.5) is 8.78 Å². The Morgan fingerprint density at radius 1 is 1.20 bits per heavy atom. The number of rotatable bonds is 1. The molecule has 0 aromatic rings. The van der Waals surface area contributed by atoms with E-state index in [1.807, 2.05) is 20.8 Å². The zero-order chi connectivity index (χ0) is 8.20. The third-order valence-electron chi connectivity index (χ3n) is 0.818. The maximum atomic E-state index is 11.4. The molecule has 0 aromatic carbocycles. The van der Waals surface area contributed by atoms with E-state index in [-0.39, 0.29) is 5.41 Å². The lowest BCUT2D eigenvalue weighted by Crippen LogP contribution is -1.97. The van der Waals surface area contributed by atoms with Crippen LogP contribution in [-0.4, -0.2) is 0 Å². The molecule has 0 aliphatic carbocycles. The van der Waals surface area contributed by atoms with Gasteiger partial charge in [0.2, 0.25) is 0 Å². The van der Waals surface area contributed by atoms with Crippen LogP contribution in [0, 0.1) is 5.41 Å². The Kier molecular flexibility index (Phi) is 3.26. The van der Waals surface area contributed by atoms with Crippen molar-refractivity contribution in [1.29, 1.82) is 0 Å². The van der Waals surface area contributed by atoms with Crippen LogP contribution in [0.25, 0.3) is 0 Å². The molecular weight excluding hydrogens is 134 g/mol. The molecule has 0 heterocycles. The van der Waals surface area contributed by atoms with E-state index in [4.69, 9.17) is 0 Å². The van der Waals surface area contributed by atoms with Gasteiger partial charge in [-0.15, -0.1) is 0 Å². The zero-order valence-electron chi connectivity index (χ0n) is 6.49. The monoisotopic (exact) mass is 146 g/mol. The predicted octanol–water partition coefficient (Wildman–Crippen LogP) is 3.37. The highest BCUT2D eigenvalue weighted by molar-refractivity contribution is 5.06. The van der Waals surface area contributed by atoms with Crippen molar-refractivity contribution in [2.75, 3.05) is 0 Å². The van der Waals surface area contributed by atoms with E-state index in [2.05, 4.69) is 0 Å². The molecule has 0 rings (SSSR count). The Labute approximate surface area is 60.2 Å². The van der Waals surface area contributed by atoms with Gasteiger partial charge >= 0.3 is 0 Å². The normalized spacial score (nSPS) is 12.1. The second-order valence-electron chi connectivity index (χ2n) is 3.18. The fourth-order valence-electron chi connectivity index (χ4n) is 0.410. The lowest BCUT2D eigenvalue weighted by Gasteiger charge is -2.09. The largest absolute Gasteiger partial charge is 0.270 e. The maximum absolute atomic E-state index is 11.4. The van der Waals surface area contributed by atoms with Crippen LogP contribution >= 0.6 is 0 Å². The fourth-order valence-corrected chi connectivity index (χ4v) is 0.410. The summed E-state index contributed by atoms with van der Waals surface area (Å²) in [4.78, 5) is 0. The van der Waals surface area contributed by atoms with Crippen molar-refractivity contribution in [3.05, 3.63) is 24.3 Å². The van der Waals surface area contributed by atoms with Gasteiger partial charge in [-0.05, 0) is 5.41 Å². The van der Waals surface area contributed by atoms with Crippen LogP contribution in [-0.2, 0) is 0 Å². The summed E-state index contributed by atoms with van der Waals surface area (Å²) in [6.07, 6.45) is 2.24. The van der Waals surface area contributed by atoms with E-state index in [0.717, 1.165) is 6.08 Å². The summed E-state index contributed by atoms with van der Waals surface area (Å²) in [6, 6.07) is 0. The van der Waals surface area contributed by atoms with Crippen LogP contribution in [0.3, 0.4) is 0 Å². The number of hydrogen-bond acceptors (Lipinski definition) is 0. The SMILES string of the molecule is CC(C)(C)/C=C/C=C(F)F. The molecule has 0 nitrogen and oxygen atoms in total. The van der Waals surface area contributed by atoms with E-state index in [1.165, 1.54) is 6.08 Å². The lowest BCUT2D eigenvalue weighted by molar-refractivity contribution is 0.422. The molecular formula is C8H12F2. The van der Waals surface area contributed by atoms with Crippen molar-refractivity contribution in [2.45, 2.75) is 20.8 Å². The number of allylic oxidation sites excluding steroid dienone is 3. The molecule has 0 saturated carbocycles. The molecule has 0 saturated heterocycles.